The smallest absolute Gasteiger partial charge is 0.266 e. The highest BCUT2D eigenvalue weighted by molar-refractivity contribution is 6.41. The minimum absolute atomic E-state index is 0.178. The summed E-state index contributed by atoms with van der Waals surface area (Å²) >= 11 is 0. The predicted molar refractivity (Wildman–Crippen MR) is 45.5 cm³/mol. The normalized spacial score (nSPS) is 9.64. The van der Waals surface area contributed by atoms with Crippen LogP contribution < -0.4 is 5.73 Å². The average Bonchev–Trinajstić information content (AvgIpc) is 1.86. The molecule has 60 valence electrons. The summed E-state index contributed by atoms with van der Waals surface area (Å²) in [7, 11) is 0. The minimum Gasteiger partial charge on any atom is -0.364 e. The maximum absolute atomic E-state index is 10.3. The van der Waals surface area contributed by atoms with Crippen molar-refractivity contribution >= 4 is 11.6 Å². The highest BCUT2D eigenvalue weighted by atomic mass is 16.1. The van der Waals surface area contributed by atoms with E-state index in [0.29, 0.717) is 0 Å². The fourth-order valence-corrected chi connectivity index (χ4v) is 0.419. The van der Waals surface area contributed by atoms with E-state index >= 15 is 0 Å². The minimum atomic E-state index is -0.705. The van der Waals surface area contributed by atoms with Gasteiger partial charge in [-0.3, -0.25) is 10.2 Å². The van der Waals surface area contributed by atoms with Gasteiger partial charge in [-0.05, 0) is 19.9 Å². The van der Waals surface area contributed by atoms with Gasteiger partial charge < -0.3 is 5.73 Å². The van der Waals surface area contributed by atoms with Crippen molar-refractivity contribution in [3.8, 4) is 0 Å². The largest absolute Gasteiger partial charge is 0.364 e. The van der Waals surface area contributed by atoms with Crippen LogP contribution in [0.3, 0.4) is 0 Å². The van der Waals surface area contributed by atoms with Crippen LogP contribution in [0.4, 0.5) is 0 Å². The average molecular weight is 152 g/mol. The molecule has 0 unspecified atom stereocenters. The molecule has 0 rings (SSSR count). The number of hydrogen-bond acceptors (Lipinski definition) is 2. The molecule has 3 heteroatoms. The zero-order chi connectivity index (χ0) is 8.85. The Balaban J connectivity index is 4.05. The molecule has 1 amide bonds. The number of hydrogen-bond donors (Lipinski definition) is 2. The lowest BCUT2D eigenvalue weighted by molar-refractivity contribution is -0.111. The van der Waals surface area contributed by atoms with Crippen LogP contribution in [0, 0.1) is 5.41 Å². The third-order valence-corrected chi connectivity index (χ3v) is 0.958. The highest BCUT2D eigenvalue weighted by Crippen LogP contribution is 1.88. The molecule has 0 aliphatic carbocycles. The standard InChI is InChI=1S/C8H12N2O/c1-6(2)4-3-5-7(9)8(10)11/h3-5,9H,1-2H3,(H2,10,11)/b5-3-,9-7?. The van der Waals surface area contributed by atoms with Crippen LogP contribution >= 0.6 is 0 Å². The number of allylic oxidation sites excluding steroid dienone is 3. The monoisotopic (exact) mass is 152 g/mol. The van der Waals surface area contributed by atoms with Gasteiger partial charge in [0.25, 0.3) is 5.91 Å². The second kappa shape index (κ2) is 4.44. The van der Waals surface area contributed by atoms with Gasteiger partial charge in [0.1, 0.15) is 5.71 Å². The molecular formula is C8H12N2O. The quantitative estimate of drug-likeness (QED) is 0.460. The Kier molecular flexibility index (Phi) is 3.88. The first-order valence-electron chi connectivity index (χ1n) is 3.24. The Morgan fingerprint density at radius 1 is 1.45 bits per heavy atom. The molecule has 0 aromatic heterocycles. The summed E-state index contributed by atoms with van der Waals surface area (Å²) in [6, 6.07) is 0. The number of carbonyl (C=O) groups is 1. The second-order valence-corrected chi connectivity index (χ2v) is 2.38. The van der Waals surface area contributed by atoms with Gasteiger partial charge in [0, 0.05) is 0 Å². The molecule has 3 N–H and O–H groups in total. The molecule has 11 heavy (non-hydrogen) atoms. The van der Waals surface area contributed by atoms with Crippen molar-refractivity contribution in [3.05, 3.63) is 23.8 Å². The molecule has 0 bridgehead atoms. The summed E-state index contributed by atoms with van der Waals surface area (Å²) in [5.41, 5.74) is 5.75. The fraction of sp³-hybridized carbons (Fsp3) is 0.250. The number of nitrogens with two attached hydrogens (primary N) is 1. The van der Waals surface area contributed by atoms with Crippen molar-refractivity contribution in [2.45, 2.75) is 13.8 Å². The summed E-state index contributed by atoms with van der Waals surface area (Å²) in [4.78, 5) is 10.3. The lowest BCUT2D eigenvalue weighted by Gasteiger charge is -1.86. The zero-order valence-electron chi connectivity index (χ0n) is 6.72. The van der Waals surface area contributed by atoms with Crippen LogP contribution in [0.15, 0.2) is 23.8 Å². The molecule has 0 aromatic carbocycles. The van der Waals surface area contributed by atoms with Crippen molar-refractivity contribution in [1.82, 2.24) is 0 Å². The van der Waals surface area contributed by atoms with E-state index < -0.39 is 5.91 Å². The van der Waals surface area contributed by atoms with Crippen molar-refractivity contribution < 1.29 is 4.79 Å². The molecule has 0 saturated heterocycles. The van der Waals surface area contributed by atoms with Gasteiger partial charge in [-0.2, -0.15) is 0 Å². The van der Waals surface area contributed by atoms with Crippen molar-refractivity contribution in [1.29, 1.82) is 5.41 Å². The van der Waals surface area contributed by atoms with E-state index in [-0.39, 0.29) is 5.71 Å². The lowest BCUT2D eigenvalue weighted by atomic mass is 10.2. The third-order valence-electron chi connectivity index (χ3n) is 0.958. The SMILES string of the molecule is CC(C)=C/C=C\C(=N)C(N)=O. The van der Waals surface area contributed by atoms with Gasteiger partial charge >= 0.3 is 0 Å². The fourth-order valence-electron chi connectivity index (χ4n) is 0.419. The number of rotatable bonds is 3. The molecule has 0 aliphatic heterocycles. The first-order chi connectivity index (χ1) is 5.04. The van der Waals surface area contributed by atoms with E-state index in [2.05, 4.69) is 0 Å². The molecule has 0 aliphatic rings. The molecular weight excluding hydrogens is 140 g/mol. The van der Waals surface area contributed by atoms with Gasteiger partial charge in [-0.15, -0.1) is 0 Å². The molecule has 0 aromatic rings. The number of primary amides is 1. The van der Waals surface area contributed by atoms with E-state index in [1.807, 2.05) is 13.8 Å². The molecule has 0 spiro atoms. The summed E-state index contributed by atoms with van der Waals surface area (Å²) in [6.45, 7) is 3.86. The van der Waals surface area contributed by atoms with Gasteiger partial charge in [-0.1, -0.05) is 17.7 Å². The third kappa shape index (κ3) is 5.08. The van der Waals surface area contributed by atoms with Crippen molar-refractivity contribution in [2.24, 2.45) is 5.73 Å². The molecule has 3 nitrogen and oxygen atoms in total. The zero-order valence-corrected chi connectivity index (χ0v) is 6.72. The Labute approximate surface area is 66.1 Å². The van der Waals surface area contributed by atoms with Gasteiger partial charge in [0.05, 0.1) is 0 Å². The Hall–Kier alpha value is -1.38. The van der Waals surface area contributed by atoms with Crippen LogP contribution in [0.1, 0.15) is 13.8 Å². The van der Waals surface area contributed by atoms with Crippen LogP contribution in [-0.4, -0.2) is 11.6 Å². The highest BCUT2D eigenvalue weighted by Gasteiger charge is 1.95. The van der Waals surface area contributed by atoms with E-state index in [1.54, 1.807) is 12.2 Å². The number of carbonyl (C=O) groups excluding carboxylic acids is 1. The molecule has 0 atom stereocenters. The van der Waals surface area contributed by atoms with Gasteiger partial charge in [0.15, 0.2) is 0 Å². The predicted octanol–water partition coefficient (Wildman–Crippen LogP) is 1.01. The van der Waals surface area contributed by atoms with Crippen LogP contribution in [0.2, 0.25) is 0 Å². The summed E-state index contributed by atoms with van der Waals surface area (Å²) < 4.78 is 0. The van der Waals surface area contributed by atoms with Gasteiger partial charge in [0.2, 0.25) is 0 Å². The Morgan fingerprint density at radius 2 is 2.00 bits per heavy atom. The molecule has 0 fully saturated rings. The van der Waals surface area contributed by atoms with Crippen molar-refractivity contribution in [2.75, 3.05) is 0 Å². The molecule has 0 radical (unpaired) electrons. The van der Waals surface area contributed by atoms with Gasteiger partial charge in [-0.25, -0.2) is 0 Å². The van der Waals surface area contributed by atoms with E-state index in [4.69, 9.17) is 11.1 Å². The summed E-state index contributed by atoms with van der Waals surface area (Å²) in [6.07, 6.45) is 4.80. The second-order valence-electron chi connectivity index (χ2n) is 2.38. The molecule has 0 saturated carbocycles. The van der Waals surface area contributed by atoms with Crippen LogP contribution in [0.5, 0.6) is 0 Å². The maximum atomic E-state index is 10.3. The lowest BCUT2D eigenvalue weighted by Crippen LogP contribution is -2.19. The topological polar surface area (TPSA) is 66.9 Å². The van der Waals surface area contributed by atoms with Crippen LogP contribution in [0.25, 0.3) is 0 Å². The van der Waals surface area contributed by atoms with Crippen LogP contribution in [-0.2, 0) is 4.79 Å². The maximum Gasteiger partial charge on any atom is 0.266 e. The molecule has 0 heterocycles. The summed E-state index contributed by atoms with van der Waals surface area (Å²) in [5, 5.41) is 7.00. The Morgan fingerprint density at radius 3 is 2.36 bits per heavy atom. The van der Waals surface area contributed by atoms with E-state index in [0.717, 1.165) is 5.57 Å². The first kappa shape index (κ1) is 9.62. The van der Waals surface area contributed by atoms with E-state index in [1.165, 1.54) is 6.08 Å². The van der Waals surface area contributed by atoms with Crippen molar-refractivity contribution in [3.63, 3.8) is 0 Å². The number of nitrogens with one attached hydrogen (secondary N) is 1. The number of amides is 1. The Bertz CT molecular complexity index is 222. The first-order valence-corrected chi connectivity index (χ1v) is 3.24. The van der Waals surface area contributed by atoms with E-state index in [9.17, 15) is 4.79 Å². The summed E-state index contributed by atoms with van der Waals surface area (Å²) in [5.74, 6) is -0.705.